The molecular weight excluding hydrogens is 259 g/mol. The topological polar surface area (TPSA) is 40.5 Å². The highest BCUT2D eigenvalue weighted by molar-refractivity contribution is 5.67. The molecule has 1 aromatic carbocycles. The van der Waals surface area contributed by atoms with Gasteiger partial charge < -0.3 is 5.11 Å². The van der Waals surface area contributed by atoms with Gasteiger partial charge in [0, 0.05) is 19.6 Å². The maximum absolute atomic E-state index is 12.5. The van der Waals surface area contributed by atoms with E-state index in [0.717, 1.165) is 12.1 Å². The monoisotopic (exact) mass is 273 g/mol. The van der Waals surface area contributed by atoms with Crippen molar-refractivity contribution in [2.24, 2.45) is 5.92 Å². The average Bonchev–Trinajstić information content (AvgIpc) is 2.25. The lowest BCUT2D eigenvalue weighted by atomic mass is 9.95. The Balaban J connectivity index is 1.90. The van der Waals surface area contributed by atoms with Gasteiger partial charge in [-0.15, -0.1) is 0 Å². The number of alkyl halides is 3. The van der Waals surface area contributed by atoms with E-state index in [9.17, 15) is 18.0 Å². The van der Waals surface area contributed by atoms with Crippen LogP contribution < -0.4 is 0 Å². The molecule has 0 unspecified atom stereocenters. The van der Waals surface area contributed by atoms with Gasteiger partial charge in [-0.1, -0.05) is 18.2 Å². The van der Waals surface area contributed by atoms with Crippen LogP contribution in [0.4, 0.5) is 13.2 Å². The lowest BCUT2D eigenvalue weighted by Crippen LogP contribution is -2.46. The van der Waals surface area contributed by atoms with Crippen molar-refractivity contribution in [2.45, 2.75) is 19.1 Å². The number of nitrogens with zero attached hydrogens (tertiary/aromatic N) is 1. The lowest BCUT2D eigenvalue weighted by molar-refractivity contribution is -0.140. The first kappa shape index (κ1) is 13.9. The summed E-state index contributed by atoms with van der Waals surface area (Å²) in [6.07, 6.45) is -4.20. The predicted molar refractivity (Wildman–Crippen MR) is 62.5 cm³/mol. The Hall–Kier alpha value is -1.56. The minimum atomic E-state index is -4.32. The third kappa shape index (κ3) is 3.70. The number of aliphatic carboxylic acids is 1. The van der Waals surface area contributed by atoms with Crippen LogP contribution in [0.25, 0.3) is 0 Å². The van der Waals surface area contributed by atoms with Gasteiger partial charge >= 0.3 is 12.1 Å². The van der Waals surface area contributed by atoms with Crippen LogP contribution in [-0.4, -0.2) is 29.1 Å². The van der Waals surface area contributed by atoms with Crippen LogP contribution >= 0.6 is 0 Å². The average molecular weight is 273 g/mol. The van der Waals surface area contributed by atoms with E-state index >= 15 is 0 Å². The number of carboxylic acid groups (broad SMARTS) is 1. The third-order valence-electron chi connectivity index (χ3n) is 3.16. The second-order valence-corrected chi connectivity index (χ2v) is 4.86. The maximum Gasteiger partial charge on any atom is 0.416 e. The van der Waals surface area contributed by atoms with E-state index in [0.29, 0.717) is 25.2 Å². The molecule has 1 saturated heterocycles. The molecule has 0 aromatic heterocycles. The normalized spacial score (nSPS) is 17.2. The number of hydrogen-bond acceptors (Lipinski definition) is 2. The van der Waals surface area contributed by atoms with E-state index in [1.807, 2.05) is 4.90 Å². The molecule has 0 atom stereocenters. The standard InChI is InChI=1S/C13H14F3NO2/c14-13(15,16)11-3-1-2-9(4-11)6-17-7-10(8-17)5-12(18)19/h1-4,10H,5-8H2,(H,18,19). The quantitative estimate of drug-likeness (QED) is 0.916. The third-order valence-corrected chi connectivity index (χ3v) is 3.16. The van der Waals surface area contributed by atoms with Crippen LogP contribution in [0.3, 0.4) is 0 Å². The van der Waals surface area contributed by atoms with Crippen LogP contribution in [0, 0.1) is 5.92 Å². The maximum atomic E-state index is 12.5. The molecule has 0 radical (unpaired) electrons. The number of likely N-dealkylation sites (tertiary alicyclic amines) is 1. The van der Waals surface area contributed by atoms with Crippen LogP contribution in [0.2, 0.25) is 0 Å². The highest BCUT2D eigenvalue weighted by Crippen LogP contribution is 2.30. The molecule has 0 bridgehead atoms. The van der Waals surface area contributed by atoms with E-state index in [4.69, 9.17) is 5.11 Å². The van der Waals surface area contributed by atoms with Crippen molar-refractivity contribution in [1.82, 2.24) is 4.90 Å². The smallest absolute Gasteiger partial charge is 0.416 e. The van der Waals surface area contributed by atoms with Crippen molar-refractivity contribution >= 4 is 5.97 Å². The van der Waals surface area contributed by atoms with Gasteiger partial charge in [-0.25, -0.2) is 0 Å². The van der Waals surface area contributed by atoms with Crippen LogP contribution in [0.15, 0.2) is 24.3 Å². The molecule has 6 heteroatoms. The molecule has 2 rings (SSSR count). The molecule has 1 aliphatic rings. The van der Waals surface area contributed by atoms with Crippen molar-refractivity contribution in [2.75, 3.05) is 13.1 Å². The zero-order chi connectivity index (χ0) is 14.0. The van der Waals surface area contributed by atoms with E-state index in [1.54, 1.807) is 6.07 Å². The molecule has 0 saturated carbocycles. The van der Waals surface area contributed by atoms with Crippen LogP contribution in [-0.2, 0) is 17.5 Å². The Bertz CT molecular complexity index is 467. The Morgan fingerprint density at radius 1 is 1.37 bits per heavy atom. The molecule has 3 nitrogen and oxygen atoms in total. The number of benzene rings is 1. The van der Waals surface area contributed by atoms with Gasteiger partial charge in [-0.2, -0.15) is 13.2 Å². The van der Waals surface area contributed by atoms with Crippen molar-refractivity contribution in [3.8, 4) is 0 Å². The number of halogens is 3. The summed E-state index contributed by atoms with van der Waals surface area (Å²) in [5.74, 6) is -0.716. The second kappa shape index (κ2) is 5.21. The fourth-order valence-corrected chi connectivity index (χ4v) is 2.29. The second-order valence-electron chi connectivity index (χ2n) is 4.86. The van der Waals surface area contributed by atoms with Gasteiger partial charge in [0.1, 0.15) is 0 Å². The summed E-state index contributed by atoms with van der Waals surface area (Å²) in [5.41, 5.74) is -0.0452. The summed E-state index contributed by atoms with van der Waals surface area (Å²) in [4.78, 5) is 12.4. The van der Waals surface area contributed by atoms with Crippen LogP contribution in [0.1, 0.15) is 17.5 Å². The van der Waals surface area contributed by atoms with Gasteiger partial charge in [-0.05, 0) is 17.5 Å². The Labute approximate surface area is 108 Å². The highest BCUT2D eigenvalue weighted by atomic mass is 19.4. The molecule has 1 aromatic rings. The van der Waals surface area contributed by atoms with Crippen molar-refractivity contribution in [3.05, 3.63) is 35.4 Å². The number of carbonyl (C=O) groups is 1. The molecule has 1 heterocycles. The van der Waals surface area contributed by atoms with Gasteiger partial charge in [0.25, 0.3) is 0 Å². The molecule has 1 fully saturated rings. The highest BCUT2D eigenvalue weighted by Gasteiger charge is 2.31. The summed E-state index contributed by atoms with van der Waals surface area (Å²) < 4.78 is 37.6. The van der Waals surface area contributed by atoms with Crippen LogP contribution in [0.5, 0.6) is 0 Å². The summed E-state index contributed by atoms with van der Waals surface area (Å²) in [6.45, 7) is 1.69. The minimum absolute atomic E-state index is 0.114. The molecular formula is C13H14F3NO2. The summed E-state index contributed by atoms with van der Waals surface area (Å²) in [6, 6.07) is 5.24. The minimum Gasteiger partial charge on any atom is -0.481 e. The number of carboxylic acids is 1. The van der Waals surface area contributed by atoms with Gasteiger partial charge in [-0.3, -0.25) is 9.69 Å². The first-order chi connectivity index (χ1) is 8.84. The van der Waals surface area contributed by atoms with E-state index in [2.05, 4.69) is 0 Å². The first-order valence-corrected chi connectivity index (χ1v) is 5.95. The van der Waals surface area contributed by atoms with E-state index in [-0.39, 0.29) is 12.3 Å². The molecule has 0 amide bonds. The van der Waals surface area contributed by atoms with Crippen molar-refractivity contribution < 1.29 is 23.1 Å². The van der Waals surface area contributed by atoms with Gasteiger partial charge in [0.05, 0.1) is 12.0 Å². The molecule has 0 spiro atoms. The molecule has 104 valence electrons. The molecule has 19 heavy (non-hydrogen) atoms. The number of hydrogen-bond donors (Lipinski definition) is 1. The first-order valence-electron chi connectivity index (χ1n) is 5.95. The fraction of sp³-hybridized carbons (Fsp3) is 0.462. The van der Waals surface area contributed by atoms with E-state index < -0.39 is 17.7 Å². The zero-order valence-electron chi connectivity index (χ0n) is 10.2. The van der Waals surface area contributed by atoms with E-state index in [1.165, 1.54) is 6.07 Å². The Kier molecular flexibility index (Phi) is 3.80. The predicted octanol–water partition coefficient (Wildman–Crippen LogP) is 2.61. The SMILES string of the molecule is O=C(O)CC1CN(Cc2cccc(C(F)(F)F)c2)C1. The fourth-order valence-electron chi connectivity index (χ4n) is 2.29. The zero-order valence-corrected chi connectivity index (χ0v) is 10.2. The summed E-state index contributed by atoms with van der Waals surface area (Å²) >= 11 is 0. The number of rotatable bonds is 4. The Morgan fingerprint density at radius 2 is 2.05 bits per heavy atom. The van der Waals surface area contributed by atoms with Crippen molar-refractivity contribution in [1.29, 1.82) is 0 Å². The molecule has 0 aliphatic carbocycles. The van der Waals surface area contributed by atoms with Gasteiger partial charge in [0.2, 0.25) is 0 Å². The Morgan fingerprint density at radius 3 is 2.63 bits per heavy atom. The molecule has 1 aliphatic heterocycles. The summed E-state index contributed by atoms with van der Waals surface area (Å²) in [5, 5.41) is 8.61. The summed E-state index contributed by atoms with van der Waals surface area (Å²) in [7, 11) is 0. The van der Waals surface area contributed by atoms with Crippen molar-refractivity contribution in [3.63, 3.8) is 0 Å². The van der Waals surface area contributed by atoms with Gasteiger partial charge in [0.15, 0.2) is 0 Å². The lowest BCUT2D eigenvalue weighted by Gasteiger charge is -2.38. The molecule has 1 N–H and O–H groups in total. The largest absolute Gasteiger partial charge is 0.481 e.